The molecule has 0 aromatic heterocycles. The van der Waals surface area contributed by atoms with E-state index in [1.807, 2.05) is 37.3 Å². The molecule has 1 fully saturated rings. The van der Waals surface area contributed by atoms with Crippen molar-refractivity contribution in [3.8, 4) is 0 Å². The molecule has 2 unspecified atom stereocenters. The zero-order valence-corrected chi connectivity index (χ0v) is 12.5. The summed E-state index contributed by atoms with van der Waals surface area (Å²) in [5.74, 6) is -1.13. The number of hydrogen-bond donors (Lipinski definition) is 1. The van der Waals surface area contributed by atoms with Gasteiger partial charge in [0, 0.05) is 12.1 Å². The first-order chi connectivity index (χ1) is 10.0. The minimum Gasteiger partial charge on any atom is -0.469 e. The van der Waals surface area contributed by atoms with E-state index >= 15 is 0 Å². The number of nitrogens with one attached hydrogen (secondary N) is 1. The number of benzene rings is 1. The first kappa shape index (κ1) is 15.5. The van der Waals surface area contributed by atoms with Gasteiger partial charge in [0.1, 0.15) is 12.0 Å². The molecule has 1 aromatic carbocycles. The van der Waals surface area contributed by atoms with E-state index in [9.17, 15) is 9.59 Å². The molecule has 0 saturated carbocycles. The van der Waals surface area contributed by atoms with Crippen LogP contribution in [0.15, 0.2) is 30.3 Å². The van der Waals surface area contributed by atoms with Crippen LogP contribution in [-0.2, 0) is 19.1 Å². The number of cyclic esters (lactones) is 1. The van der Waals surface area contributed by atoms with Gasteiger partial charge in [0.2, 0.25) is 0 Å². The lowest BCUT2D eigenvalue weighted by atomic mass is 9.88. The third-order valence-corrected chi connectivity index (χ3v) is 3.88. The number of carbonyl (C=O) groups excluding carboxylic acids is 2. The van der Waals surface area contributed by atoms with Crippen molar-refractivity contribution >= 4 is 11.9 Å². The lowest BCUT2D eigenvalue weighted by molar-refractivity contribution is -0.169. The van der Waals surface area contributed by atoms with Gasteiger partial charge in [-0.1, -0.05) is 30.3 Å². The molecular formula is C16H21NO4. The van der Waals surface area contributed by atoms with E-state index in [2.05, 4.69) is 5.32 Å². The van der Waals surface area contributed by atoms with E-state index in [-0.39, 0.29) is 30.4 Å². The third kappa shape index (κ3) is 3.61. The minimum absolute atomic E-state index is 0.0291. The van der Waals surface area contributed by atoms with Gasteiger partial charge < -0.3 is 14.8 Å². The summed E-state index contributed by atoms with van der Waals surface area (Å²) in [6.45, 7) is 3.73. The van der Waals surface area contributed by atoms with Crippen LogP contribution in [0.2, 0.25) is 0 Å². The molecular weight excluding hydrogens is 270 g/mol. The fourth-order valence-electron chi connectivity index (χ4n) is 2.78. The second-order valence-electron chi connectivity index (χ2n) is 5.35. The van der Waals surface area contributed by atoms with Gasteiger partial charge in [0.05, 0.1) is 13.5 Å². The lowest BCUT2D eigenvalue weighted by Crippen LogP contribution is -2.52. The quantitative estimate of drug-likeness (QED) is 0.857. The molecule has 1 saturated heterocycles. The standard InChI is InChI=1S/C16H21NO4/c1-10(12-7-5-4-6-8-12)17-13-9-14(18)21-11(2)15(13)16(19)20-3/h4-8,10-11,13,15,17H,9H2,1-3H3/t10-,11+,13?,15?/m1/s1. The van der Waals surface area contributed by atoms with Gasteiger partial charge in [0.25, 0.3) is 0 Å². The summed E-state index contributed by atoms with van der Waals surface area (Å²) < 4.78 is 10.0. The van der Waals surface area contributed by atoms with Gasteiger partial charge in [-0.2, -0.15) is 0 Å². The minimum atomic E-state index is -0.487. The highest BCUT2D eigenvalue weighted by atomic mass is 16.6. The number of ether oxygens (including phenoxy) is 2. The van der Waals surface area contributed by atoms with E-state index in [4.69, 9.17) is 9.47 Å². The maximum Gasteiger partial charge on any atom is 0.314 e. The highest BCUT2D eigenvalue weighted by Crippen LogP contribution is 2.26. The second kappa shape index (κ2) is 6.72. The van der Waals surface area contributed by atoms with Gasteiger partial charge in [-0.15, -0.1) is 0 Å². The molecule has 5 nitrogen and oxygen atoms in total. The summed E-state index contributed by atoms with van der Waals surface area (Å²) >= 11 is 0. The predicted octanol–water partition coefficient (Wildman–Crippen LogP) is 1.83. The summed E-state index contributed by atoms with van der Waals surface area (Å²) in [6.07, 6.45) is -0.319. The highest BCUT2D eigenvalue weighted by Gasteiger charge is 2.42. The van der Waals surface area contributed by atoms with Crippen LogP contribution in [0.3, 0.4) is 0 Å². The molecule has 0 amide bonds. The number of rotatable bonds is 4. The van der Waals surface area contributed by atoms with Crippen molar-refractivity contribution in [2.24, 2.45) is 5.92 Å². The molecule has 0 spiro atoms. The second-order valence-corrected chi connectivity index (χ2v) is 5.35. The van der Waals surface area contributed by atoms with Crippen molar-refractivity contribution in [1.29, 1.82) is 0 Å². The van der Waals surface area contributed by atoms with E-state index in [1.165, 1.54) is 7.11 Å². The highest BCUT2D eigenvalue weighted by molar-refractivity contribution is 5.79. The van der Waals surface area contributed by atoms with Crippen LogP contribution in [0, 0.1) is 5.92 Å². The van der Waals surface area contributed by atoms with Crippen LogP contribution < -0.4 is 5.32 Å². The molecule has 1 heterocycles. The summed E-state index contributed by atoms with van der Waals surface area (Å²) in [5.41, 5.74) is 1.10. The normalized spacial score (nSPS) is 26.8. The molecule has 4 atom stereocenters. The largest absolute Gasteiger partial charge is 0.469 e. The van der Waals surface area contributed by atoms with E-state index in [0.29, 0.717) is 0 Å². The zero-order valence-electron chi connectivity index (χ0n) is 12.5. The Balaban J connectivity index is 2.14. The van der Waals surface area contributed by atoms with Crippen molar-refractivity contribution in [2.45, 2.75) is 38.5 Å². The molecule has 0 bridgehead atoms. The average Bonchev–Trinajstić information content (AvgIpc) is 2.47. The number of carbonyl (C=O) groups is 2. The van der Waals surface area contributed by atoms with Gasteiger partial charge in [-0.05, 0) is 19.4 Å². The molecule has 5 heteroatoms. The van der Waals surface area contributed by atoms with Crippen molar-refractivity contribution in [1.82, 2.24) is 5.32 Å². The first-order valence-electron chi connectivity index (χ1n) is 7.11. The molecule has 1 aliphatic rings. The molecule has 0 radical (unpaired) electrons. The Bertz CT molecular complexity index is 502. The summed E-state index contributed by atoms with van der Waals surface area (Å²) in [6, 6.07) is 9.63. The van der Waals surface area contributed by atoms with E-state index < -0.39 is 12.0 Å². The number of esters is 2. The van der Waals surface area contributed by atoms with Crippen molar-refractivity contribution in [3.63, 3.8) is 0 Å². The van der Waals surface area contributed by atoms with Crippen molar-refractivity contribution in [3.05, 3.63) is 35.9 Å². The SMILES string of the molecule is COC(=O)C1C(N[C@H](C)c2ccccc2)CC(=O)O[C@H]1C. The molecule has 114 valence electrons. The Hall–Kier alpha value is -1.88. The summed E-state index contributed by atoms with van der Waals surface area (Å²) in [4.78, 5) is 23.6. The fourth-order valence-corrected chi connectivity index (χ4v) is 2.78. The van der Waals surface area contributed by atoms with Crippen LogP contribution in [0.25, 0.3) is 0 Å². The van der Waals surface area contributed by atoms with Gasteiger partial charge >= 0.3 is 11.9 Å². The van der Waals surface area contributed by atoms with Crippen LogP contribution in [0.5, 0.6) is 0 Å². The Morgan fingerprint density at radius 2 is 2.05 bits per heavy atom. The van der Waals surface area contributed by atoms with Crippen LogP contribution in [0.1, 0.15) is 31.9 Å². The Morgan fingerprint density at radius 3 is 2.67 bits per heavy atom. The number of hydrogen-bond acceptors (Lipinski definition) is 5. The van der Waals surface area contributed by atoms with Crippen molar-refractivity contribution < 1.29 is 19.1 Å². The Kier molecular flexibility index (Phi) is 4.96. The predicted molar refractivity (Wildman–Crippen MR) is 77.5 cm³/mol. The Morgan fingerprint density at radius 1 is 1.38 bits per heavy atom. The molecule has 2 rings (SSSR count). The molecule has 0 aliphatic carbocycles. The monoisotopic (exact) mass is 291 g/mol. The number of methoxy groups -OCH3 is 1. The summed E-state index contributed by atoms with van der Waals surface area (Å²) in [7, 11) is 1.35. The summed E-state index contributed by atoms with van der Waals surface area (Å²) in [5, 5.41) is 3.36. The van der Waals surface area contributed by atoms with Gasteiger partial charge in [-0.25, -0.2) is 0 Å². The lowest BCUT2D eigenvalue weighted by Gasteiger charge is -2.36. The molecule has 21 heavy (non-hydrogen) atoms. The molecule has 1 aromatic rings. The van der Waals surface area contributed by atoms with Gasteiger partial charge in [-0.3, -0.25) is 9.59 Å². The van der Waals surface area contributed by atoms with Crippen LogP contribution in [0.4, 0.5) is 0 Å². The molecule has 1 N–H and O–H groups in total. The third-order valence-electron chi connectivity index (χ3n) is 3.88. The van der Waals surface area contributed by atoms with E-state index in [1.54, 1.807) is 6.92 Å². The average molecular weight is 291 g/mol. The topological polar surface area (TPSA) is 64.6 Å². The molecule has 1 aliphatic heterocycles. The van der Waals surface area contributed by atoms with Gasteiger partial charge in [0.15, 0.2) is 0 Å². The maximum absolute atomic E-state index is 12.0. The van der Waals surface area contributed by atoms with Crippen LogP contribution in [-0.4, -0.2) is 31.2 Å². The van der Waals surface area contributed by atoms with Crippen LogP contribution >= 0.6 is 0 Å². The Labute approximate surface area is 124 Å². The zero-order chi connectivity index (χ0) is 15.4. The smallest absolute Gasteiger partial charge is 0.314 e. The fraction of sp³-hybridized carbons (Fsp3) is 0.500. The first-order valence-corrected chi connectivity index (χ1v) is 7.11. The maximum atomic E-state index is 12.0. The van der Waals surface area contributed by atoms with Crippen molar-refractivity contribution in [2.75, 3.05) is 7.11 Å². The van der Waals surface area contributed by atoms with E-state index in [0.717, 1.165) is 5.56 Å².